The molecular weight excluding hydrogens is 552 g/mol. The van der Waals surface area contributed by atoms with Crippen molar-refractivity contribution in [1.29, 1.82) is 0 Å². The van der Waals surface area contributed by atoms with Crippen molar-refractivity contribution in [2.45, 2.75) is 127 Å². The van der Waals surface area contributed by atoms with E-state index in [-0.39, 0.29) is 37.1 Å². The third-order valence-corrected chi connectivity index (χ3v) is 11.1. The number of aliphatic hydroxyl groups is 2. The number of piperidine rings is 2. The van der Waals surface area contributed by atoms with Crippen molar-refractivity contribution in [3.8, 4) is 0 Å². The second-order valence-corrected chi connectivity index (χ2v) is 14.1. The Morgan fingerprint density at radius 2 is 1.93 bits per heavy atom. The molecule has 13 unspecified atom stereocenters. The third-order valence-electron chi connectivity index (χ3n) is 11.1. The quantitative estimate of drug-likeness (QED) is 0.172. The zero-order valence-electron chi connectivity index (χ0n) is 26.1. The van der Waals surface area contributed by atoms with Gasteiger partial charge in [0.2, 0.25) is 0 Å². The van der Waals surface area contributed by atoms with Crippen LogP contribution in [0.1, 0.15) is 78.6 Å². The Bertz CT molecular complexity index is 1020. The van der Waals surface area contributed by atoms with Crippen LogP contribution in [0.4, 0.5) is 0 Å². The van der Waals surface area contributed by atoms with Crippen molar-refractivity contribution >= 4 is 11.8 Å². The molecule has 244 valence electrons. The van der Waals surface area contributed by atoms with E-state index in [4.69, 9.17) is 25.7 Å². The van der Waals surface area contributed by atoms with Gasteiger partial charge in [0.15, 0.2) is 0 Å². The lowest BCUT2D eigenvalue weighted by atomic mass is 9.60. The molecule has 4 aliphatic heterocycles. The fraction of sp³-hybridized carbons (Fsp3) is 0.875. The molecule has 0 aromatic heterocycles. The van der Waals surface area contributed by atoms with Gasteiger partial charge in [-0.05, 0) is 97.1 Å². The minimum absolute atomic E-state index is 0.0255. The molecule has 13 atom stereocenters. The molecule has 43 heavy (non-hydrogen) atoms. The van der Waals surface area contributed by atoms with Gasteiger partial charge in [-0.25, -0.2) is 4.79 Å². The molecule has 11 nitrogen and oxygen atoms in total. The van der Waals surface area contributed by atoms with Gasteiger partial charge >= 0.3 is 5.97 Å². The largest absolute Gasteiger partial charge is 0.456 e. The van der Waals surface area contributed by atoms with Crippen LogP contribution in [-0.4, -0.2) is 90.1 Å². The molecule has 5 fully saturated rings. The van der Waals surface area contributed by atoms with Gasteiger partial charge in [-0.2, -0.15) is 0 Å². The topological polar surface area (TPSA) is 178 Å². The summed E-state index contributed by atoms with van der Waals surface area (Å²) in [6.07, 6.45) is 5.04. The highest BCUT2D eigenvalue weighted by Gasteiger charge is 2.61. The summed E-state index contributed by atoms with van der Waals surface area (Å²) in [5, 5.41) is 28.4. The Kier molecular flexibility index (Phi) is 10.7. The van der Waals surface area contributed by atoms with Gasteiger partial charge in [-0.3, -0.25) is 4.79 Å². The number of fused-ring (bicyclic) bond motifs is 2. The number of hydrogen-bond donors (Lipinski definition) is 6. The van der Waals surface area contributed by atoms with Crippen molar-refractivity contribution in [2.24, 2.45) is 41.1 Å². The normalized spacial score (nSPS) is 45.7. The summed E-state index contributed by atoms with van der Waals surface area (Å²) < 4.78 is 19.7. The monoisotopic (exact) mass is 606 g/mol. The van der Waals surface area contributed by atoms with Crippen LogP contribution in [0.15, 0.2) is 11.6 Å². The Morgan fingerprint density at radius 3 is 2.60 bits per heavy atom. The van der Waals surface area contributed by atoms with Crippen LogP contribution in [0.25, 0.3) is 0 Å². The maximum atomic E-state index is 13.5. The predicted octanol–water partition coefficient (Wildman–Crippen LogP) is 1.09. The molecule has 5 rings (SSSR count). The fourth-order valence-corrected chi connectivity index (χ4v) is 8.36. The lowest BCUT2D eigenvalue weighted by Gasteiger charge is -2.58. The van der Waals surface area contributed by atoms with E-state index in [0.29, 0.717) is 30.3 Å². The molecule has 0 spiro atoms. The van der Waals surface area contributed by atoms with E-state index in [1.807, 2.05) is 6.92 Å². The van der Waals surface area contributed by atoms with E-state index < -0.39 is 53.9 Å². The van der Waals surface area contributed by atoms with E-state index in [9.17, 15) is 19.8 Å². The Balaban J connectivity index is 1.45. The highest BCUT2D eigenvalue weighted by molar-refractivity contribution is 5.87. The van der Waals surface area contributed by atoms with Crippen molar-refractivity contribution in [3.63, 3.8) is 0 Å². The number of ketones is 1. The molecule has 0 aromatic carbocycles. The number of carbonyl (C=O) groups is 2. The van der Waals surface area contributed by atoms with Gasteiger partial charge in [-0.15, -0.1) is 0 Å². The van der Waals surface area contributed by atoms with Crippen LogP contribution in [0.5, 0.6) is 0 Å². The van der Waals surface area contributed by atoms with Gasteiger partial charge in [0.1, 0.15) is 17.5 Å². The summed E-state index contributed by atoms with van der Waals surface area (Å²) in [7, 11) is 0. The van der Waals surface area contributed by atoms with Crippen LogP contribution >= 0.6 is 0 Å². The molecule has 11 heteroatoms. The Labute approximate surface area is 255 Å². The zero-order valence-corrected chi connectivity index (χ0v) is 26.1. The fourth-order valence-electron chi connectivity index (χ4n) is 8.36. The van der Waals surface area contributed by atoms with E-state index in [0.717, 1.165) is 51.6 Å². The SMILES string of the molecule is CC=C(C)C(=O)OC1CC2C(O)C3C(=O)CC(CO)OC3C(CC3CCNC(N)C3)C2OC1(C)CCC1CCC(N)NC1. The number of allylic oxidation sites excluding steroid dienone is 1. The first kappa shape index (κ1) is 32.9. The highest BCUT2D eigenvalue weighted by atomic mass is 16.6. The predicted molar refractivity (Wildman–Crippen MR) is 160 cm³/mol. The number of nitrogens with one attached hydrogen (secondary N) is 2. The van der Waals surface area contributed by atoms with Crippen molar-refractivity contribution in [2.75, 3.05) is 19.7 Å². The first-order valence-electron chi connectivity index (χ1n) is 16.5. The van der Waals surface area contributed by atoms with Gasteiger partial charge in [-0.1, -0.05) is 6.08 Å². The molecule has 1 aliphatic carbocycles. The van der Waals surface area contributed by atoms with Crippen LogP contribution in [0.2, 0.25) is 0 Å². The minimum atomic E-state index is -0.994. The average Bonchev–Trinajstić information content (AvgIpc) is 2.99. The minimum Gasteiger partial charge on any atom is -0.456 e. The molecule has 1 saturated carbocycles. The maximum absolute atomic E-state index is 13.5. The number of nitrogens with two attached hydrogens (primary N) is 2. The van der Waals surface area contributed by atoms with Gasteiger partial charge < -0.3 is 46.5 Å². The molecule has 0 amide bonds. The second-order valence-electron chi connectivity index (χ2n) is 14.1. The summed E-state index contributed by atoms with van der Waals surface area (Å²) in [4.78, 5) is 26.5. The van der Waals surface area contributed by atoms with Crippen molar-refractivity contribution in [1.82, 2.24) is 10.6 Å². The first-order valence-corrected chi connectivity index (χ1v) is 16.5. The molecule has 5 aliphatic rings. The molecule has 0 bridgehead atoms. The number of ether oxygens (including phenoxy) is 3. The number of Topliss-reactive ketones (excluding diaryl/α,β-unsaturated/α-hetero) is 1. The van der Waals surface area contributed by atoms with Crippen LogP contribution in [-0.2, 0) is 23.8 Å². The van der Waals surface area contributed by atoms with Gasteiger partial charge in [0.25, 0.3) is 0 Å². The summed E-state index contributed by atoms with van der Waals surface area (Å²) in [6.45, 7) is 6.99. The standard InChI is InChI=1S/C32H54N4O7/c1-4-17(2)31(40)42-24-14-21-28(39)27-23(38)13-20(16-37)41-30(27)22(11-19-8-10-35-26(34)12-19)29(21)43-32(24,3)9-7-18-5-6-25(33)36-15-18/h4,18-22,24-30,35-37,39H,5-16,33-34H2,1-3H3. The number of carbonyl (C=O) groups excluding carboxylic acids is 2. The third kappa shape index (κ3) is 7.19. The van der Waals surface area contributed by atoms with Crippen LogP contribution in [0, 0.1) is 29.6 Å². The number of aliphatic hydroxyl groups excluding tert-OH is 2. The zero-order chi connectivity index (χ0) is 30.9. The van der Waals surface area contributed by atoms with Crippen molar-refractivity contribution < 1.29 is 34.0 Å². The summed E-state index contributed by atoms with van der Waals surface area (Å²) in [5.74, 6) is -1.000. The highest BCUT2D eigenvalue weighted by Crippen LogP contribution is 2.52. The van der Waals surface area contributed by atoms with Gasteiger partial charge in [0, 0.05) is 23.8 Å². The molecular formula is C32H54N4O7. The maximum Gasteiger partial charge on any atom is 0.333 e. The molecule has 0 radical (unpaired) electrons. The Morgan fingerprint density at radius 1 is 1.14 bits per heavy atom. The summed E-state index contributed by atoms with van der Waals surface area (Å²) in [6, 6.07) is 0. The van der Waals surface area contributed by atoms with Crippen LogP contribution < -0.4 is 22.1 Å². The molecule has 4 heterocycles. The van der Waals surface area contributed by atoms with Crippen molar-refractivity contribution in [3.05, 3.63) is 11.6 Å². The summed E-state index contributed by atoms with van der Waals surface area (Å²) in [5.41, 5.74) is 12.1. The van der Waals surface area contributed by atoms with E-state index in [2.05, 4.69) is 10.6 Å². The molecule has 8 N–H and O–H groups in total. The van der Waals surface area contributed by atoms with Gasteiger partial charge in [0.05, 0.1) is 49.3 Å². The molecule has 0 aromatic rings. The summed E-state index contributed by atoms with van der Waals surface area (Å²) >= 11 is 0. The lowest BCUT2D eigenvalue weighted by molar-refractivity contribution is -0.286. The first-order chi connectivity index (χ1) is 20.5. The van der Waals surface area contributed by atoms with E-state index >= 15 is 0 Å². The van der Waals surface area contributed by atoms with Crippen LogP contribution in [0.3, 0.4) is 0 Å². The number of esters is 1. The Hall–Kier alpha value is -1.44. The smallest absolute Gasteiger partial charge is 0.333 e. The molecule has 4 saturated heterocycles. The average molecular weight is 607 g/mol. The van der Waals surface area contributed by atoms with E-state index in [1.54, 1.807) is 19.9 Å². The second kappa shape index (κ2) is 13.9. The number of rotatable bonds is 8. The lowest BCUT2D eigenvalue weighted by Crippen LogP contribution is -2.68. The number of hydrogen-bond acceptors (Lipinski definition) is 11. The van der Waals surface area contributed by atoms with E-state index in [1.165, 1.54) is 0 Å².